The van der Waals surface area contributed by atoms with Crippen molar-refractivity contribution >= 4 is 17.8 Å². The molecule has 1 aliphatic rings. The predicted octanol–water partition coefficient (Wildman–Crippen LogP) is 2.23. The molecule has 0 radical (unpaired) electrons. The number of benzene rings is 1. The van der Waals surface area contributed by atoms with E-state index in [1.54, 1.807) is 43.1 Å². The molecule has 3 rings (SSSR count). The van der Waals surface area contributed by atoms with E-state index < -0.39 is 5.97 Å². The summed E-state index contributed by atoms with van der Waals surface area (Å²) in [6, 6.07) is 6.91. The first kappa shape index (κ1) is 22.9. The average molecular weight is 434 g/mol. The van der Waals surface area contributed by atoms with E-state index in [-0.39, 0.29) is 24.3 Å². The van der Waals surface area contributed by atoms with E-state index in [1.165, 1.54) is 7.11 Å². The molecule has 2 amide bonds. The Hall–Kier alpha value is -3.73. The molecule has 0 unspecified atom stereocenters. The lowest BCUT2D eigenvalue weighted by Crippen LogP contribution is -2.38. The standard InChI is InChI=1S/C24H26N4O4/c1-4-6-21(29)28-11-9-18(10-12-28)22-20(15-25-16(2)27-22)23(30)26-14-17-7-5-8-19(13-17)24(31)32-3/h5,7-8,13,15,18H,9-12,14H2,1-3H3,(H,26,30). The fourth-order valence-corrected chi connectivity index (χ4v) is 3.72. The van der Waals surface area contributed by atoms with Crippen molar-refractivity contribution in [3.8, 4) is 11.8 Å². The van der Waals surface area contributed by atoms with E-state index in [9.17, 15) is 14.4 Å². The molecular formula is C24H26N4O4. The van der Waals surface area contributed by atoms with Gasteiger partial charge >= 0.3 is 5.97 Å². The van der Waals surface area contributed by atoms with Gasteiger partial charge in [-0.05, 0) is 50.3 Å². The minimum absolute atomic E-state index is 0.0544. The summed E-state index contributed by atoms with van der Waals surface area (Å²) >= 11 is 0. The van der Waals surface area contributed by atoms with Gasteiger partial charge in [-0.25, -0.2) is 14.8 Å². The number of carbonyl (C=O) groups is 3. The molecule has 1 aromatic carbocycles. The molecule has 0 saturated carbocycles. The molecule has 2 aromatic rings. The van der Waals surface area contributed by atoms with Crippen LogP contribution in [-0.2, 0) is 16.1 Å². The molecule has 166 valence electrons. The first-order chi connectivity index (χ1) is 15.4. The fraction of sp³-hybridized carbons (Fsp3) is 0.375. The molecule has 32 heavy (non-hydrogen) atoms. The van der Waals surface area contributed by atoms with Crippen molar-refractivity contribution in [3.63, 3.8) is 0 Å². The third-order valence-corrected chi connectivity index (χ3v) is 5.39. The smallest absolute Gasteiger partial charge is 0.337 e. The lowest BCUT2D eigenvalue weighted by atomic mass is 9.90. The maximum Gasteiger partial charge on any atom is 0.337 e. The van der Waals surface area contributed by atoms with Crippen LogP contribution >= 0.6 is 0 Å². The van der Waals surface area contributed by atoms with E-state index in [0.29, 0.717) is 48.6 Å². The number of ether oxygens (including phenoxy) is 1. The second-order valence-corrected chi connectivity index (χ2v) is 7.53. The number of hydrogen-bond donors (Lipinski definition) is 1. The van der Waals surface area contributed by atoms with Crippen molar-refractivity contribution in [2.24, 2.45) is 0 Å². The summed E-state index contributed by atoms with van der Waals surface area (Å²) in [6.45, 7) is 4.83. The second-order valence-electron chi connectivity index (χ2n) is 7.53. The summed E-state index contributed by atoms with van der Waals surface area (Å²) in [5.41, 5.74) is 2.33. The largest absolute Gasteiger partial charge is 0.465 e. The lowest BCUT2D eigenvalue weighted by molar-refractivity contribution is -0.126. The highest BCUT2D eigenvalue weighted by Crippen LogP contribution is 2.29. The number of carbonyl (C=O) groups excluding carboxylic acids is 3. The van der Waals surface area contributed by atoms with Crippen LogP contribution < -0.4 is 5.32 Å². The highest BCUT2D eigenvalue weighted by Gasteiger charge is 2.27. The molecule has 8 heteroatoms. The molecule has 0 bridgehead atoms. The van der Waals surface area contributed by atoms with Crippen LogP contribution in [0.4, 0.5) is 0 Å². The Balaban J connectivity index is 1.71. The quantitative estimate of drug-likeness (QED) is 0.572. The van der Waals surface area contributed by atoms with Gasteiger partial charge < -0.3 is 15.0 Å². The normalized spacial score (nSPS) is 13.7. The maximum atomic E-state index is 13.0. The molecule has 0 spiro atoms. The van der Waals surface area contributed by atoms with E-state index in [2.05, 4.69) is 27.1 Å². The minimum Gasteiger partial charge on any atom is -0.465 e. The Kier molecular flexibility index (Phi) is 7.55. The van der Waals surface area contributed by atoms with Crippen molar-refractivity contribution in [2.45, 2.75) is 39.2 Å². The molecule has 1 N–H and O–H groups in total. The first-order valence-electron chi connectivity index (χ1n) is 10.4. The Bertz CT molecular complexity index is 1080. The van der Waals surface area contributed by atoms with Crippen LogP contribution in [-0.4, -0.2) is 52.9 Å². The number of amides is 2. The van der Waals surface area contributed by atoms with E-state index in [1.807, 2.05) is 6.07 Å². The zero-order valence-electron chi connectivity index (χ0n) is 18.5. The van der Waals surface area contributed by atoms with Crippen LogP contribution in [0.1, 0.15) is 63.5 Å². The minimum atomic E-state index is -0.429. The first-order valence-corrected chi connectivity index (χ1v) is 10.4. The summed E-state index contributed by atoms with van der Waals surface area (Å²) in [7, 11) is 1.33. The van der Waals surface area contributed by atoms with Crippen molar-refractivity contribution < 1.29 is 19.1 Å². The fourth-order valence-electron chi connectivity index (χ4n) is 3.72. The van der Waals surface area contributed by atoms with Gasteiger partial charge in [-0.2, -0.15) is 0 Å². The number of nitrogens with zero attached hydrogens (tertiary/aromatic N) is 3. The zero-order chi connectivity index (χ0) is 23.1. The highest BCUT2D eigenvalue weighted by molar-refractivity contribution is 5.95. The van der Waals surface area contributed by atoms with Crippen molar-refractivity contribution in [1.82, 2.24) is 20.2 Å². The number of likely N-dealkylation sites (tertiary alicyclic amines) is 1. The van der Waals surface area contributed by atoms with Crippen LogP contribution in [0.2, 0.25) is 0 Å². The van der Waals surface area contributed by atoms with Crippen LogP contribution in [0, 0.1) is 18.8 Å². The van der Waals surface area contributed by atoms with Gasteiger partial charge in [-0.1, -0.05) is 18.1 Å². The number of esters is 1. The van der Waals surface area contributed by atoms with Gasteiger partial charge in [0.2, 0.25) is 0 Å². The van der Waals surface area contributed by atoms with Gasteiger partial charge in [-0.15, -0.1) is 0 Å². The number of nitrogens with one attached hydrogen (secondary N) is 1. The molecule has 1 saturated heterocycles. The third kappa shape index (κ3) is 5.49. The van der Waals surface area contributed by atoms with Crippen LogP contribution in [0.15, 0.2) is 30.5 Å². The molecule has 8 nitrogen and oxygen atoms in total. The SMILES string of the molecule is CC#CC(=O)N1CCC(c2nc(C)ncc2C(=O)NCc2cccc(C(=O)OC)c2)CC1. The van der Waals surface area contributed by atoms with Crippen LogP contribution in [0.25, 0.3) is 0 Å². The third-order valence-electron chi connectivity index (χ3n) is 5.39. The molecule has 0 aliphatic carbocycles. The van der Waals surface area contributed by atoms with Crippen LogP contribution in [0.3, 0.4) is 0 Å². The van der Waals surface area contributed by atoms with Gasteiger partial charge in [0.05, 0.1) is 23.9 Å². The number of aryl methyl sites for hydroxylation is 1. The summed E-state index contributed by atoms with van der Waals surface area (Å²) in [5, 5.41) is 2.89. The number of methoxy groups -OCH3 is 1. The Morgan fingerprint density at radius 2 is 2.00 bits per heavy atom. The molecule has 1 fully saturated rings. The summed E-state index contributed by atoms with van der Waals surface area (Å²) in [5.74, 6) is 4.99. The van der Waals surface area contributed by atoms with Crippen molar-refractivity contribution in [2.75, 3.05) is 20.2 Å². The molecule has 0 atom stereocenters. The number of piperidine rings is 1. The van der Waals surface area contributed by atoms with Crippen molar-refractivity contribution in [1.29, 1.82) is 0 Å². The topological polar surface area (TPSA) is 101 Å². The Morgan fingerprint density at radius 1 is 1.25 bits per heavy atom. The summed E-state index contributed by atoms with van der Waals surface area (Å²) in [6.07, 6.45) is 2.96. The molecule has 1 aliphatic heterocycles. The number of hydrogen-bond acceptors (Lipinski definition) is 6. The van der Waals surface area contributed by atoms with Gasteiger partial charge in [0.1, 0.15) is 5.82 Å². The average Bonchev–Trinajstić information content (AvgIpc) is 2.82. The molecular weight excluding hydrogens is 408 g/mol. The number of aromatic nitrogens is 2. The van der Waals surface area contributed by atoms with Crippen LogP contribution in [0.5, 0.6) is 0 Å². The van der Waals surface area contributed by atoms with E-state index >= 15 is 0 Å². The summed E-state index contributed by atoms with van der Waals surface area (Å²) < 4.78 is 4.74. The van der Waals surface area contributed by atoms with Crippen molar-refractivity contribution in [3.05, 3.63) is 58.7 Å². The monoisotopic (exact) mass is 434 g/mol. The highest BCUT2D eigenvalue weighted by atomic mass is 16.5. The van der Waals surface area contributed by atoms with Gasteiger partial charge in [-0.3, -0.25) is 9.59 Å². The van der Waals surface area contributed by atoms with Gasteiger partial charge in [0.15, 0.2) is 0 Å². The van der Waals surface area contributed by atoms with Gasteiger partial charge in [0, 0.05) is 31.7 Å². The second kappa shape index (κ2) is 10.5. The Labute approximate surface area is 187 Å². The van der Waals surface area contributed by atoms with E-state index in [0.717, 1.165) is 5.56 Å². The zero-order valence-corrected chi connectivity index (χ0v) is 18.5. The number of rotatable bonds is 5. The molecule has 2 heterocycles. The Morgan fingerprint density at radius 3 is 2.69 bits per heavy atom. The van der Waals surface area contributed by atoms with Gasteiger partial charge in [0.25, 0.3) is 11.8 Å². The molecule has 1 aromatic heterocycles. The van der Waals surface area contributed by atoms with E-state index in [4.69, 9.17) is 4.74 Å². The lowest BCUT2D eigenvalue weighted by Gasteiger charge is -2.31. The maximum absolute atomic E-state index is 13.0. The predicted molar refractivity (Wildman–Crippen MR) is 118 cm³/mol. The summed E-state index contributed by atoms with van der Waals surface area (Å²) in [4.78, 5) is 47.2.